The second-order valence-corrected chi connectivity index (χ2v) is 5.68. The summed E-state index contributed by atoms with van der Waals surface area (Å²) in [6.07, 6.45) is 2.67. The minimum atomic E-state index is -0.187. The molecule has 1 atom stereocenters. The van der Waals surface area contributed by atoms with E-state index < -0.39 is 0 Å². The highest BCUT2D eigenvalue weighted by molar-refractivity contribution is 7.09. The summed E-state index contributed by atoms with van der Waals surface area (Å²) >= 11 is 1.66. The van der Waals surface area contributed by atoms with Gasteiger partial charge in [0.15, 0.2) is 11.5 Å². The molecular formula is C15H20N2O2S. The molecule has 0 radical (unpaired) electrons. The fraction of sp³-hybridized carbons (Fsp3) is 0.400. The zero-order valence-corrected chi connectivity index (χ0v) is 13.1. The van der Waals surface area contributed by atoms with Crippen molar-refractivity contribution in [1.29, 1.82) is 0 Å². The van der Waals surface area contributed by atoms with Crippen molar-refractivity contribution in [2.24, 2.45) is 0 Å². The molecule has 2 rings (SSSR count). The molecule has 0 aliphatic heterocycles. The maximum atomic E-state index is 5.36. The SMILES string of the molecule is CNC(C)(Cc1ccc(OC)c(OC)c1)c1nccs1. The predicted molar refractivity (Wildman–Crippen MR) is 81.8 cm³/mol. The second-order valence-electron chi connectivity index (χ2n) is 4.79. The highest BCUT2D eigenvalue weighted by Gasteiger charge is 2.28. The van der Waals surface area contributed by atoms with E-state index in [2.05, 4.69) is 23.3 Å². The minimum Gasteiger partial charge on any atom is -0.493 e. The number of ether oxygens (including phenoxy) is 2. The molecule has 0 fully saturated rings. The predicted octanol–water partition coefficient (Wildman–Crippen LogP) is 2.84. The summed E-state index contributed by atoms with van der Waals surface area (Å²) in [4.78, 5) is 4.43. The highest BCUT2D eigenvalue weighted by Crippen LogP contribution is 2.32. The van der Waals surface area contributed by atoms with E-state index in [0.717, 1.165) is 22.9 Å². The summed E-state index contributed by atoms with van der Waals surface area (Å²) < 4.78 is 10.6. The van der Waals surface area contributed by atoms with Crippen molar-refractivity contribution in [3.8, 4) is 11.5 Å². The molecule has 0 amide bonds. The number of thiazole rings is 1. The van der Waals surface area contributed by atoms with Gasteiger partial charge < -0.3 is 14.8 Å². The van der Waals surface area contributed by atoms with Gasteiger partial charge in [-0.25, -0.2) is 4.98 Å². The molecule has 0 saturated heterocycles. The molecule has 2 aromatic rings. The number of rotatable bonds is 6. The molecule has 1 aromatic carbocycles. The third-order valence-corrected chi connectivity index (χ3v) is 4.50. The molecule has 5 heteroatoms. The maximum Gasteiger partial charge on any atom is 0.160 e. The third kappa shape index (κ3) is 2.94. The van der Waals surface area contributed by atoms with Crippen molar-refractivity contribution in [2.45, 2.75) is 18.9 Å². The Morgan fingerprint density at radius 1 is 1.25 bits per heavy atom. The number of likely N-dealkylation sites (N-methyl/N-ethyl adjacent to an activating group) is 1. The molecule has 20 heavy (non-hydrogen) atoms. The van der Waals surface area contributed by atoms with Gasteiger partial charge in [0.05, 0.1) is 19.8 Å². The fourth-order valence-electron chi connectivity index (χ4n) is 2.17. The molecule has 108 valence electrons. The van der Waals surface area contributed by atoms with E-state index in [1.165, 1.54) is 5.56 Å². The van der Waals surface area contributed by atoms with Crippen LogP contribution in [0.15, 0.2) is 29.8 Å². The molecule has 0 spiro atoms. The largest absolute Gasteiger partial charge is 0.493 e. The van der Waals surface area contributed by atoms with Crippen molar-refractivity contribution in [2.75, 3.05) is 21.3 Å². The molecule has 0 bridgehead atoms. The van der Waals surface area contributed by atoms with Crippen molar-refractivity contribution in [3.05, 3.63) is 40.3 Å². The number of hydrogen-bond donors (Lipinski definition) is 1. The summed E-state index contributed by atoms with van der Waals surface area (Å²) in [6, 6.07) is 6.01. The van der Waals surface area contributed by atoms with Gasteiger partial charge in [-0.3, -0.25) is 0 Å². The standard InChI is InChI=1S/C15H20N2O2S/c1-15(16-2,14-17-7-8-20-14)10-11-5-6-12(18-3)13(9-11)19-4/h5-9,16H,10H2,1-4H3. The topological polar surface area (TPSA) is 43.4 Å². The number of aromatic nitrogens is 1. The molecule has 0 aliphatic rings. The molecule has 1 aromatic heterocycles. The second kappa shape index (κ2) is 6.24. The molecule has 1 N–H and O–H groups in total. The van der Waals surface area contributed by atoms with Crippen LogP contribution in [0.1, 0.15) is 17.5 Å². The van der Waals surface area contributed by atoms with Crippen LogP contribution in [0.5, 0.6) is 11.5 Å². The van der Waals surface area contributed by atoms with Crippen LogP contribution in [0, 0.1) is 0 Å². The quantitative estimate of drug-likeness (QED) is 0.889. The van der Waals surface area contributed by atoms with Crippen molar-refractivity contribution in [3.63, 3.8) is 0 Å². The summed E-state index contributed by atoms with van der Waals surface area (Å²) in [5, 5.41) is 6.45. The van der Waals surface area contributed by atoms with Gasteiger partial charge in [-0.15, -0.1) is 11.3 Å². The Balaban J connectivity index is 2.28. The van der Waals surface area contributed by atoms with E-state index in [0.29, 0.717) is 0 Å². The first-order chi connectivity index (χ1) is 9.62. The van der Waals surface area contributed by atoms with Crippen LogP contribution < -0.4 is 14.8 Å². The fourth-order valence-corrected chi connectivity index (χ4v) is 2.97. The third-order valence-electron chi connectivity index (χ3n) is 3.46. The molecule has 1 unspecified atom stereocenters. The zero-order chi connectivity index (χ0) is 14.6. The minimum absolute atomic E-state index is 0.187. The lowest BCUT2D eigenvalue weighted by Crippen LogP contribution is -2.38. The van der Waals surface area contributed by atoms with Gasteiger partial charge in [-0.1, -0.05) is 6.07 Å². The first kappa shape index (κ1) is 14.8. The van der Waals surface area contributed by atoms with Gasteiger partial charge in [-0.05, 0) is 38.1 Å². The van der Waals surface area contributed by atoms with E-state index >= 15 is 0 Å². The van der Waals surface area contributed by atoms with Gasteiger partial charge in [0.1, 0.15) is 5.01 Å². The maximum absolute atomic E-state index is 5.36. The van der Waals surface area contributed by atoms with Gasteiger partial charge >= 0.3 is 0 Å². The number of nitrogens with one attached hydrogen (secondary N) is 1. The summed E-state index contributed by atoms with van der Waals surface area (Å²) in [6.45, 7) is 2.16. The Kier molecular flexibility index (Phi) is 4.62. The van der Waals surface area contributed by atoms with Crippen molar-refractivity contribution < 1.29 is 9.47 Å². The van der Waals surface area contributed by atoms with Gasteiger partial charge in [0.25, 0.3) is 0 Å². The average Bonchev–Trinajstić information content (AvgIpc) is 3.01. The lowest BCUT2D eigenvalue weighted by Gasteiger charge is -2.27. The van der Waals surface area contributed by atoms with Gasteiger partial charge in [0.2, 0.25) is 0 Å². The Hall–Kier alpha value is -1.59. The number of hydrogen-bond acceptors (Lipinski definition) is 5. The molecule has 0 saturated carbocycles. The van der Waals surface area contributed by atoms with Crippen molar-refractivity contribution in [1.82, 2.24) is 10.3 Å². The van der Waals surface area contributed by atoms with Gasteiger partial charge in [-0.2, -0.15) is 0 Å². The highest BCUT2D eigenvalue weighted by atomic mass is 32.1. The van der Waals surface area contributed by atoms with E-state index in [9.17, 15) is 0 Å². The Morgan fingerprint density at radius 2 is 2.00 bits per heavy atom. The zero-order valence-electron chi connectivity index (χ0n) is 12.3. The first-order valence-corrected chi connectivity index (χ1v) is 7.30. The summed E-state index contributed by atoms with van der Waals surface area (Å²) in [5.41, 5.74) is 0.989. The van der Waals surface area contributed by atoms with Crippen LogP contribution >= 0.6 is 11.3 Å². The molecular weight excluding hydrogens is 272 g/mol. The first-order valence-electron chi connectivity index (χ1n) is 6.42. The molecule has 4 nitrogen and oxygen atoms in total. The van der Waals surface area contributed by atoms with Gasteiger partial charge in [0, 0.05) is 11.6 Å². The van der Waals surface area contributed by atoms with Crippen LogP contribution in [0.2, 0.25) is 0 Å². The van der Waals surface area contributed by atoms with E-state index in [1.807, 2.05) is 30.8 Å². The van der Waals surface area contributed by atoms with Crippen LogP contribution in [0.4, 0.5) is 0 Å². The Labute approximate surface area is 123 Å². The smallest absolute Gasteiger partial charge is 0.160 e. The Bertz CT molecular complexity index is 557. The van der Waals surface area contributed by atoms with E-state index in [-0.39, 0.29) is 5.54 Å². The summed E-state index contributed by atoms with van der Waals surface area (Å²) in [5.74, 6) is 1.50. The molecule has 1 heterocycles. The molecule has 0 aliphatic carbocycles. The lowest BCUT2D eigenvalue weighted by atomic mass is 9.93. The Morgan fingerprint density at radius 3 is 2.55 bits per heavy atom. The van der Waals surface area contributed by atoms with Crippen LogP contribution in [-0.4, -0.2) is 26.3 Å². The van der Waals surface area contributed by atoms with Crippen LogP contribution in [0.3, 0.4) is 0 Å². The average molecular weight is 292 g/mol. The monoisotopic (exact) mass is 292 g/mol. The number of methoxy groups -OCH3 is 2. The normalized spacial score (nSPS) is 13.8. The van der Waals surface area contributed by atoms with E-state index in [1.54, 1.807) is 25.6 Å². The van der Waals surface area contributed by atoms with E-state index in [4.69, 9.17) is 9.47 Å². The van der Waals surface area contributed by atoms with Crippen molar-refractivity contribution >= 4 is 11.3 Å². The van der Waals surface area contributed by atoms with Crippen LogP contribution in [0.25, 0.3) is 0 Å². The summed E-state index contributed by atoms with van der Waals surface area (Å²) in [7, 11) is 5.26. The lowest BCUT2D eigenvalue weighted by molar-refractivity contribution is 0.352. The van der Waals surface area contributed by atoms with Crippen LogP contribution in [-0.2, 0) is 12.0 Å². The number of nitrogens with zero attached hydrogens (tertiary/aromatic N) is 1. The number of benzene rings is 1.